The highest BCUT2D eigenvalue weighted by Gasteiger charge is 2.34. The molecule has 0 saturated carbocycles. The monoisotopic (exact) mass is 242 g/mol. The van der Waals surface area contributed by atoms with Gasteiger partial charge in [-0.15, -0.1) is 0 Å². The maximum atomic E-state index is 11.2. The minimum atomic E-state index is -1.15. The third-order valence-corrected chi connectivity index (χ3v) is 2.39. The van der Waals surface area contributed by atoms with Crippen molar-refractivity contribution in [3.8, 4) is 0 Å². The summed E-state index contributed by atoms with van der Waals surface area (Å²) in [5, 5.41) is 18.0. The van der Waals surface area contributed by atoms with Crippen LogP contribution in [0.2, 0.25) is 0 Å². The third-order valence-electron chi connectivity index (χ3n) is 2.39. The molecule has 0 aromatic rings. The van der Waals surface area contributed by atoms with Crippen LogP contribution in [0.25, 0.3) is 0 Å². The second kappa shape index (κ2) is 4.90. The van der Waals surface area contributed by atoms with E-state index in [1.54, 1.807) is 0 Å². The average Bonchev–Trinajstić information content (AvgIpc) is 1.95. The Morgan fingerprint density at radius 2 is 1.24 bits per heavy atom. The molecule has 0 saturated heterocycles. The number of carboxylic acids is 2. The van der Waals surface area contributed by atoms with E-state index in [1.807, 2.05) is 41.5 Å². The van der Waals surface area contributed by atoms with Crippen LogP contribution in [-0.4, -0.2) is 22.2 Å². The van der Waals surface area contributed by atoms with E-state index in [0.717, 1.165) is 0 Å². The summed E-state index contributed by atoms with van der Waals surface area (Å²) in [5.41, 5.74) is -0.0690. The molecule has 17 heavy (non-hydrogen) atoms. The molecule has 0 fully saturated rings. The van der Waals surface area contributed by atoms with Gasteiger partial charge in [0.15, 0.2) is 0 Å². The highest BCUT2D eigenvalue weighted by molar-refractivity contribution is 5.93. The molecule has 2 N–H and O–H groups in total. The molecule has 0 aliphatic rings. The van der Waals surface area contributed by atoms with E-state index in [4.69, 9.17) is 5.11 Å². The van der Waals surface area contributed by atoms with Crippen molar-refractivity contribution in [1.82, 2.24) is 0 Å². The van der Waals surface area contributed by atoms with Crippen molar-refractivity contribution in [1.29, 1.82) is 0 Å². The Morgan fingerprint density at radius 3 is 1.41 bits per heavy atom. The molecule has 0 amide bonds. The summed E-state index contributed by atoms with van der Waals surface area (Å²) in [4.78, 5) is 22.0. The van der Waals surface area contributed by atoms with Crippen molar-refractivity contribution in [2.45, 2.75) is 48.0 Å². The van der Waals surface area contributed by atoms with Gasteiger partial charge in [-0.25, -0.2) is 4.79 Å². The van der Waals surface area contributed by atoms with E-state index in [9.17, 15) is 14.7 Å². The van der Waals surface area contributed by atoms with Gasteiger partial charge in [-0.1, -0.05) is 41.5 Å². The molecule has 0 rings (SSSR count). The van der Waals surface area contributed by atoms with Crippen molar-refractivity contribution >= 4 is 11.9 Å². The number of hydrogen-bond acceptors (Lipinski definition) is 2. The first kappa shape index (κ1) is 15.7. The average molecular weight is 242 g/mol. The Morgan fingerprint density at radius 1 is 0.882 bits per heavy atom. The van der Waals surface area contributed by atoms with Crippen LogP contribution in [0.15, 0.2) is 11.1 Å². The fraction of sp³-hybridized carbons (Fsp3) is 0.692. The number of hydrogen-bond donors (Lipinski definition) is 2. The van der Waals surface area contributed by atoms with Gasteiger partial charge in [-0.2, -0.15) is 0 Å². The molecular weight excluding hydrogens is 220 g/mol. The molecule has 98 valence electrons. The Hall–Kier alpha value is -1.32. The summed E-state index contributed by atoms with van der Waals surface area (Å²) in [6.07, 6.45) is -0.445. The van der Waals surface area contributed by atoms with Crippen LogP contribution >= 0.6 is 0 Å². The smallest absolute Gasteiger partial charge is 0.332 e. The fourth-order valence-electron chi connectivity index (χ4n) is 2.45. The minimum absolute atomic E-state index is 0.00231. The Balaban J connectivity index is 5.94. The van der Waals surface area contributed by atoms with Crippen molar-refractivity contribution in [3.63, 3.8) is 0 Å². The van der Waals surface area contributed by atoms with Gasteiger partial charge in [0.05, 0.1) is 6.42 Å². The van der Waals surface area contributed by atoms with Crippen molar-refractivity contribution in [2.24, 2.45) is 10.8 Å². The number of allylic oxidation sites excluding steroid dienone is 1. The molecule has 0 unspecified atom stereocenters. The van der Waals surface area contributed by atoms with Gasteiger partial charge >= 0.3 is 11.9 Å². The first-order valence-corrected chi connectivity index (χ1v) is 5.56. The van der Waals surface area contributed by atoms with Gasteiger partial charge in [-0.05, 0) is 16.4 Å². The van der Waals surface area contributed by atoms with Crippen molar-refractivity contribution < 1.29 is 19.8 Å². The van der Waals surface area contributed by atoms with Gasteiger partial charge in [0, 0.05) is 5.57 Å². The molecule has 4 heteroatoms. The van der Waals surface area contributed by atoms with Crippen molar-refractivity contribution in [2.75, 3.05) is 0 Å². The lowest BCUT2D eigenvalue weighted by Gasteiger charge is -2.35. The molecule has 0 heterocycles. The second-order valence-electron chi connectivity index (χ2n) is 6.23. The Bertz CT molecular complexity index is 335. The zero-order valence-electron chi connectivity index (χ0n) is 11.4. The zero-order valence-corrected chi connectivity index (χ0v) is 11.4. The lowest BCUT2D eigenvalue weighted by molar-refractivity contribution is -0.139. The molecule has 4 nitrogen and oxygen atoms in total. The quantitative estimate of drug-likeness (QED) is 0.746. The van der Waals surface area contributed by atoms with Gasteiger partial charge in [0.1, 0.15) is 0 Å². The number of aliphatic carboxylic acids is 2. The van der Waals surface area contributed by atoms with E-state index < -0.39 is 18.4 Å². The van der Waals surface area contributed by atoms with Crippen LogP contribution in [0.1, 0.15) is 48.0 Å². The predicted molar refractivity (Wildman–Crippen MR) is 65.8 cm³/mol. The zero-order chi connectivity index (χ0) is 14.0. The number of rotatable bonds is 3. The molecule has 0 spiro atoms. The lowest BCUT2D eigenvalue weighted by atomic mass is 9.69. The maximum absolute atomic E-state index is 11.2. The first-order chi connectivity index (χ1) is 7.37. The first-order valence-electron chi connectivity index (χ1n) is 5.56. The van der Waals surface area contributed by atoms with Crippen LogP contribution < -0.4 is 0 Å². The summed E-state index contributed by atoms with van der Waals surface area (Å²) in [6, 6.07) is 0. The minimum Gasteiger partial charge on any atom is -0.481 e. The van der Waals surface area contributed by atoms with Gasteiger partial charge < -0.3 is 10.2 Å². The van der Waals surface area contributed by atoms with Crippen LogP contribution in [0.4, 0.5) is 0 Å². The maximum Gasteiger partial charge on any atom is 0.332 e. The normalized spacial score (nSPS) is 12.1. The van der Waals surface area contributed by atoms with E-state index >= 15 is 0 Å². The molecule has 0 aromatic heterocycles. The van der Waals surface area contributed by atoms with Crippen LogP contribution in [0, 0.1) is 10.8 Å². The van der Waals surface area contributed by atoms with Gasteiger partial charge in [-0.3, -0.25) is 4.79 Å². The van der Waals surface area contributed by atoms with Crippen LogP contribution in [-0.2, 0) is 9.59 Å². The predicted octanol–water partition coefficient (Wildman–Crippen LogP) is 2.93. The van der Waals surface area contributed by atoms with Crippen LogP contribution in [0.5, 0.6) is 0 Å². The summed E-state index contributed by atoms with van der Waals surface area (Å²) in [7, 11) is 0. The third kappa shape index (κ3) is 4.59. The molecule has 0 aliphatic carbocycles. The highest BCUT2D eigenvalue weighted by atomic mass is 16.4. The van der Waals surface area contributed by atoms with Gasteiger partial charge in [0.2, 0.25) is 0 Å². The highest BCUT2D eigenvalue weighted by Crippen LogP contribution is 2.42. The summed E-state index contributed by atoms with van der Waals surface area (Å²) in [5.74, 6) is -2.26. The molecular formula is C13H22O4. The van der Waals surface area contributed by atoms with E-state index in [0.29, 0.717) is 5.57 Å². The largest absolute Gasteiger partial charge is 0.481 e. The number of carbonyl (C=O) groups is 2. The molecule has 0 aliphatic heterocycles. The summed E-state index contributed by atoms with van der Waals surface area (Å²) >= 11 is 0. The summed E-state index contributed by atoms with van der Waals surface area (Å²) in [6.45, 7) is 11.4. The molecule has 0 bridgehead atoms. The van der Waals surface area contributed by atoms with Gasteiger partial charge in [0.25, 0.3) is 0 Å². The van der Waals surface area contributed by atoms with E-state index in [2.05, 4.69) is 0 Å². The summed E-state index contributed by atoms with van der Waals surface area (Å²) < 4.78 is 0. The second-order valence-corrected chi connectivity index (χ2v) is 6.23. The molecule has 0 radical (unpaired) electrons. The van der Waals surface area contributed by atoms with Crippen LogP contribution in [0.3, 0.4) is 0 Å². The topological polar surface area (TPSA) is 74.6 Å². The molecule has 0 aromatic carbocycles. The lowest BCUT2D eigenvalue weighted by Crippen LogP contribution is -2.27. The van der Waals surface area contributed by atoms with Crippen molar-refractivity contribution in [3.05, 3.63) is 11.1 Å². The number of carboxylic acid groups (broad SMARTS) is 2. The van der Waals surface area contributed by atoms with E-state index in [-0.39, 0.29) is 16.4 Å². The standard InChI is InChI=1S/C13H22O4/c1-12(2,3)10(13(4,5)6)8(11(16)17)7-9(14)15/h7H2,1-6H3,(H,14,15)(H,16,17). The Kier molecular flexibility index (Phi) is 4.52. The Labute approximate surface area is 102 Å². The molecule has 0 atom stereocenters. The fourth-order valence-corrected chi connectivity index (χ4v) is 2.45. The van der Waals surface area contributed by atoms with E-state index in [1.165, 1.54) is 0 Å². The SMILES string of the molecule is CC(C)(C)C(=C(CC(=O)O)C(=O)O)C(C)(C)C.